The summed E-state index contributed by atoms with van der Waals surface area (Å²) in [5.41, 5.74) is 0.126. The normalized spacial score (nSPS) is 13.1. The average Bonchev–Trinajstić information content (AvgIpc) is 2.54. The van der Waals surface area contributed by atoms with Crippen molar-refractivity contribution in [3.05, 3.63) is 35.6 Å². The molecule has 1 unspecified atom stereocenters. The van der Waals surface area contributed by atoms with Crippen LogP contribution in [0.3, 0.4) is 0 Å². The van der Waals surface area contributed by atoms with E-state index in [9.17, 15) is 29.0 Å². The van der Waals surface area contributed by atoms with Gasteiger partial charge in [-0.25, -0.2) is 18.8 Å². The van der Waals surface area contributed by atoms with Crippen molar-refractivity contribution in [2.45, 2.75) is 32.4 Å². The van der Waals surface area contributed by atoms with E-state index in [1.807, 2.05) is 0 Å². The van der Waals surface area contributed by atoms with Crippen molar-refractivity contribution in [1.82, 2.24) is 10.2 Å². The van der Waals surface area contributed by atoms with E-state index in [2.05, 4.69) is 5.32 Å². The van der Waals surface area contributed by atoms with Crippen LogP contribution in [-0.2, 0) is 16.0 Å². The molecule has 0 radical (unpaired) electrons. The summed E-state index contributed by atoms with van der Waals surface area (Å²) in [6.07, 6.45) is -2.07. The fourth-order valence-corrected chi connectivity index (χ4v) is 2.29. The number of amides is 2. The molecule has 0 aliphatic rings. The van der Waals surface area contributed by atoms with Crippen LogP contribution in [-0.4, -0.2) is 63.4 Å². The maximum absolute atomic E-state index is 13.7. The summed E-state index contributed by atoms with van der Waals surface area (Å²) in [5.74, 6) is -3.48. The van der Waals surface area contributed by atoms with Crippen LogP contribution in [0.2, 0.25) is 0 Å². The fourth-order valence-electron chi connectivity index (χ4n) is 2.29. The van der Waals surface area contributed by atoms with E-state index in [-0.39, 0.29) is 24.4 Å². The predicted molar refractivity (Wildman–Crippen MR) is 90.1 cm³/mol. The number of urea groups is 1. The predicted octanol–water partition coefficient (Wildman–Crippen LogP) is 0.935. The standard InChI is InChI=1S/C17H23FN2O6/c1-10(2)8-20(9-14(21)16(24)25)17(26)19-13(15(22)23)7-11-5-3-4-6-12(11)18/h3-6,10,13-14,21H,7-9H2,1-2H3,(H,19,26)(H,22,23)(H,24,25)/t13-,14?/m0/s1. The highest BCUT2D eigenvalue weighted by Gasteiger charge is 2.27. The maximum Gasteiger partial charge on any atom is 0.334 e. The number of carboxylic acids is 2. The zero-order valence-electron chi connectivity index (χ0n) is 14.6. The van der Waals surface area contributed by atoms with E-state index in [1.165, 1.54) is 18.2 Å². The quantitative estimate of drug-likeness (QED) is 0.512. The number of carboxylic acid groups (broad SMARTS) is 2. The van der Waals surface area contributed by atoms with Gasteiger partial charge in [-0.2, -0.15) is 0 Å². The summed E-state index contributed by atoms with van der Waals surface area (Å²) >= 11 is 0. The van der Waals surface area contributed by atoms with Crippen molar-refractivity contribution in [2.24, 2.45) is 5.92 Å². The largest absolute Gasteiger partial charge is 0.480 e. The molecule has 0 spiro atoms. The zero-order chi connectivity index (χ0) is 19.9. The van der Waals surface area contributed by atoms with Crippen molar-refractivity contribution < 1.29 is 34.1 Å². The van der Waals surface area contributed by atoms with Crippen molar-refractivity contribution in [2.75, 3.05) is 13.1 Å². The molecule has 4 N–H and O–H groups in total. The lowest BCUT2D eigenvalue weighted by Crippen LogP contribution is -2.52. The molecule has 0 saturated carbocycles. The number of carbonyl (C=O) groups is 3. The third-order valence-corrected chi connectivity index (χ3v) is 3.53. The summed E-state index contributed by atoms with van der Waals surface area (Å²) in [5, 5.41) is 29.9. The number of rotatable bonds is 9. The molecule has 0 heterocycles. The molecule has 8 nitrogen and oxygen atoms in total. The smallest absolute Gasteiger partial charge is 0.334 e. The van der Waals surface area contributed by atoms with Crippen LogP contribution in [0, 0.1) is 11.7 Å². The van der Waals surface area contributed by atoms with Gasteiger partial charge in [0.1, 0.15) is 11.9 Å². The van der Waals surface area contributed by atoms with Gasteiger partial charge in [0, 0.05) is 13.0 Å². The second-order valence-electron chi connectivity index (χ2n) is 6.29. The van der Waals surface area contributed by atoms with Gasteiger partial charge >= 0.3 is 18.0 Å². The molecule has 0 aliphatic carbocycles. The Balaban J connectivity index is 2.89. The van der Waals surface area contributed by atoms with Gasteiger partial charge in [0.15, 0.2) is 6.10 Å². The van der Waals surface area contributed by atoms with Gasteiger partial charge in [-0.3, -0.25) is 0 Å². The minimum atomic E-state index is -1.80. The number of aliphatic hydroxyl groups excluding tert-OH is 1. The fraction of sp³-hybridized carbons (Fsp3) is 0.471. The highest BCUT2D eigenvalue weighted by Crippen LogP contribution is 2.10. The number of hydrogen-bond acceptors (Lipinski definition) is 4. The molecule has 0 aromatic heterocycles. The highest BCUT2D eigenvalue weighted by molar-refractivity contribution is 5.83. The van der Waals surface area contributed by atoms with E-state index in [1.54, 1.807) is 19.9 Å². The van der Waals surface area contributed by atoms with Gasteiger partial charge in [-0.15, -0.1) is 0 Å². The second kappa shape index (κ2) is 9.71. The lowest BCUT2D eigenvalue weighted by molar-refractivity contribution is -0.147. The Kier molecular flexibility index (Phi) is 7.98. The Morgan fingerprint density at radius 2 is 1.73 bits per heavy atom. The molecule has 2 amide bonds. The molecular formula is C17H23FN2O6. The molecule has 0 saturated heterocycles. The molecule has 0 fully saturated rings. The number of nitrogens with one attached hydrogen (secondary N) is 1. The minimum Gasteiger partial charge on any atom is -0.480 e. The lowest BCUT2D eigenvalue weighted by Gasteiger charge is -2.27. The number of benzene rings is 1. The Bertz CT molecular complexity index is 652. The van der Waals surface area contributed by atoms with Crippen LogP contribution in [0.5, 0.6) is 0 Å². The monoisotopic (exact) mass is 370 g/mol. The summed E-state index contributed by atoms with van der Waals surface area (Å²) in [4.78, 5) is 35.6. The first-order chi connectivity index (χ1) is 12.1. The number of carbonyl (C=O) groups excluding carboxylic acids is 1. The van der Waals surface area contributed by atoms with E-state index in [0.717, 1.165) is 4.90 Å². The van der Waals surface area contributed by atoms with E-state index < -0.39 is 42.5 Å². The Hall–Kier alpha value is -2.68. The summed E-state index contributed by atoms with van der Waals surface area (Å²) in [6.45, 7) is 3.18. The average molecular weight is 370 g/mol. The van der Waals surface area contributed by atoms with Gasteiger partial charge in [0.25, 0.3) is 0 Å². The number of hydrogen-bond donors (Lipinski definition) is 4. The molecule has 144 valence electrons. The van der Waals surface area contributed by atoms with Crippen LogP contribution >= 0.6 is 0 Å². The molecule has 1 aromatic carbocycles. The van der Waals surface area contributed by atoms with Crippen LogP contribution in [0.4, 0.5) is 9.18 Å². The highest BCUT2D eigenvalue weighted by atomic mass is 19.1. The minimum absolute atomic E-state index is 0.0448. The Labute approximate surface area is 150 Å². The van der Waals surface area contributed by atoms with E-state index >= 15 is 0 Å². The first kappa shape index (κ1) is 21.4. The third-order valence-electron chi connectivity index (χ3n) is 3.53. The SMILES string of the molecule is CC(C)CN(CC(O)C(=O)O)C(=O)N[C@@H](Cc1ccccc1F)C(=O)O. The number of halogens is 1. The molecule has 1 rings (SSSR count). The van der Waals surface area contributed by atoms with E-state index in [0.29, 0.717) is 0 Å². The summed E-state index contributed by atoms with van der Waals surface area (Å²) < 4.78 is 13.7. The van der Waals surface area contributed by atoms with Crippen LogP contribution in [0.15, 0.2) is 24.3 Å². The first-order valence-corrected chi connectivity index (χ1v) is 8.04. The number of aliphatic carboxylic acids is 2. The van der Waals surface area contributed by atoms with Crippen molar-refractivity contribution >= 4 is 18.0 Å². The van der Waals surface area contributed by atoms with E-state index in [4.69, 9.17) is 5.11 Å². The van der Waals surface area contributed by atoms with Crippen molar-refractivity contribution in [3.63, 3.8) is 0 Å². The number of nitrogens with zero attached hydrogens (tertiary/aromatic N) is 1. The zero-order valence-corrected chi connectivity index (χ0v) is 14.6. The lowest BCUT2D eigenvalue weighted by atomic mass is 10.1. The molecule has 1 aromatic rings. The molecule has 26 heavy (non-hydrogen) atoms. The second-order valence-corrected chi connectivity index (χ2v) is 6.29. The molecular weight excluding hydrogens is 347 g/mol. The third kappa shape index (κ3) is 6.67. The molecule has 0 bridgehead atoms. The summed E-state index contributed by atoms with van der Waals surface area (Å²) in [6, 6.07) is 3.36. The molecule has 2 atom stereocenters. The molecule has 9 heteroatoms. The summed E-state index contributed by atoms with van der Waals surface area (Å²) in [7, 11) is 0. The number of aliphatic hydroxyl groups is 1. The van der Waals surface area contributed by atoms with Gasteiger partial charge in [-0.05, 0) is 17.5 Å². The van der Waals surface area contributed by atoms with Crippen molar-refractivity contribution in [3.8, 4) is 0 Å². The topological polar surface area (TPSA) is 127 Å². The maximum atomic E-state index is 13.7. The van der Waals surface area contributed by atoms with Gasteiger partial charge in [0.2, 0.25) is 0 Å². The Morgan fingerprint density at radius 1 is 1.12 bits per heavy atom. The van der Waals surface area contributed by atoms with Gasteiger partial charge in [-0.1, -0.05) is 32.0 Å². The van der Waals surface area contributed by atoms with Gasteiger partial charge in [0.05, 0.1) is 6.54 Å². The van der Waals surface area contributed by atoms with Crippen LogP contribution < -0.4 is 5.32 Å². The van der Waals surface area contributed by atoms with Crippen LogP contribution in [0.1, 0.15) is 19.4 Å². The van der Waals surface area contributed by atoms with Gasteiger partial charge < -0.3 is 25.5 Å². The Morgan fingerprint density at radius 3 is 2.23 bits per heavy atom. The van der Waals surface area contributed by atoms with Crippen LogP contribution in [0.25, 0.3) is 0 Å². The molecule has 0 aliphatic heterocycles. The first-order valence-electron chi connectivity index (χ1n) is 8.04. The van der Waals surface area contributed by atoms with Crippen molar-refractivity contribution in [1.29, 1.82) is 0 Å².